The van der Waals surface area contributed by atoms with Gasteiger partial charge in [0.1, 0.15) is 11.3 Å². The fourth-order valence-corrected chi connectivity index (χ4v) is 4.06. The van der Waals surface area contributed by atoms with Crippen LogP contribution in [0, 0.1) is 13.8 Å². The average Bonchev–Trinajstić information content (AvgIpc) is 3.15. The molecular formula is C22H25N3O5. The van der Waals surface area contributed by atoms with E-state index in [9.17, 15) is 19.2 Å². The van der Waals surface area contributed by atoms with Crippen molar-refractivity contribution in [2.45, 2.75) is 39.7 Å². The third-order valence-corrected chi connectivity index (χ3v) is 5.66. The highest BCUT2D eigenvalue weighted by Gasteiger charge is 2.51. The number of imide groups is 1. The van der Waals surface area contributed by atoms with Gasteiger partial charge in [0.05, 0.1) is 19.3 Å². The highest BCUT2D eigenvalue weighted by Crippen LogP contribution is 2.33. The summed E-state index contributed by atoms with van der Waals surface area (Å²) < 4.78 is 5.15. The zero-order chi connectivity index (χ0) is 22.2. The molecule has 2 aromatic rings. The minimum Gasteiger partial charge on any atom is -0.497 e. The van der Waals surface area contributed by atoms with Gasteiger partial charge in [-0.3, -0.25) is 19.3 Å². The van der Waals surface area contributed by atoms with Gasteiger partial charge in [-0.05, 0) is 50.5 Å². The molecule has 1 saturated heterocycles. The maximum atomic E-state index is 13.3. The number of nitrogens with one attached hydrogen (secondary N) is 2. The molecule has 3 rings (SSSR count). The molecule has 2 N–H and O–H groups in total. The normalized spacial score (nSPS) is 18.5. The van der Waals surface area contributed by atoms with Crippen molar-refractivity contribution in [2.75, 3.05) is 13.7 Å². The molecule has 0 spiro atoms. The van der Waals surface area contributed by atoms with Gasteiger partial charge in [-0.2, -0.15) is 0 Å². The van der Waals surface area contributed by atoms with Crippen molar-refractivity contribution in [1.29, 1.82) is 0 Å². The number of Topliss-reactive ketones (excluding diaryl/α,β-unsaturated/α-hetero) is 2. The number of aromatic amines is 1. The van der Waals surface area contributed by atoms with Crippen LogP contribution in [-0.4, -0.2) is 47.0 Å². The Morgan fingerprint density at radius 3 is 2.27 bits per heavy atom. The first-order chi connectivity index (χ1) is 14.2. The molecule has 1 aliphatic heterocycles. The Balaban J connectivity index is 1.90. The van der Waals surface area contributed by atoms with Crippen molar-refractivity contribution in [3.63, 3.8) is 0 Å². The quantitative estimate of drug-likeness (QED) is 0.538. The number of aromatic nitrogens is 1. The minimum atomic E-state index is -1.24. The summed E-state index contributed by atoms with van der Waals surface area (Å²) in [6.07, 6.45) is 0.323. The maximum Gasteiger partial charge on any atom is 0.325 e. The summed E-state index contributed by atoms with van der Waals surface area (Å²) in [6.45, 7) is 6.19. The fraction of sp³-hybridized carbons (Fsp3) is 0.364. The van der Waals surface area contributed by atoms with Crippen LogP contribution in [0.15, 0.2) is 24.3 Å². The van der Waals surface area contributed by atoms with Gasteiger partial charge in [0.15, 0.2) is 11.6 Å². The third-order valence-electron chi connectivity index (χ3n) is 5.66. The molecule has 1 aromatic heterocycles. The fourth-order valence-electron chi connectivity index (χ4n) is 4.06. The molecule has 8 nitrogen and oxygen atoms in total. The van der Waals surface area contributed by atoms with E-state index in [1.165, 1.54) is 6.92 Å². The van der Waals surface area contributed by atoms with E-state index in [2.05, 4.69) is 10.3 Å². The van der Waals surface area contributed by atoms with Crippen LogP contribution >= 0.6 is 0 Å². The summed E-state index contributed by atoms with van der Waals surface area (Å²) in [6, 6.07) is 6.26. The number of aryl methyl sites for hydroxylation is 1. The van der Waals surface area contributed by atoms with Crippen molar-refractivity contribution in [2.24, 2.45) is 0 Å². The van der Waals surface area contributed by atoms with Crippen LogP contribution in [0.2, 0.25) is 0 Å². The molecule has 3 amide bonds. The summed E-state index contributed by atoms with van der Waals surface area (Å²) in [4.78, 5) is 54.5. The van der Waals surface area contributed by atoms with E-state index in [0.717, 1.165) is 4.90 Å². The summed E-state index contributed by atoms with van der Waals surface area (Å²) in [5, 5.41) is 2.76. The maximum absolute atomic E-state index is 13.3. The van der Waals surface area contributed by atoms with Gasteiger partial charge in [0, 0.05) is 11.3 Å². The van der Waals surface area contributed by atoms with Crippen molar-refractivity contribution in [3.05, 3.63) is 52.3 Å². The summed E-state index contributed by atoms with van der Waals surface area (Å²) >= 11 is 0. The first kappa shape index (κ1) is 21.3. The van der Waals surface area contributed by atoms with Crippen molar-refractivity contribution < 1.29 is 23.9 Å². The number of methoxy groups -OCH3 is 1. The minimum absolute atomic E-state index is 0.153. The zero-order valence-electron chi connectivity index (χ0n) is 17.7. The molecule has 0 radical (unpaired) electrons. The largest absolute Gasteiger partial charge is 0.497 e. The molecule has 0 saturated carbocycles. The molecule has 0 unspecified atom stereocenters. The van der Waals surface area contributed by atoms with E-state index in [1.54, 1.807) is 52.1 Å². The molecule has 30 heavy (non-hydrogen) atoms. The van der Waals surface area contributed by atoms with E-state index in [4.69, 9.17) is 4.74 Å². The van der Waals surface area contributed by atoms with Gasteiger partial charge in [0.2, 0.25) is 0 Å². The Kier molecular flexibility index (Phi) is 5.52. The number of rotatable bonds is 7. The lowest BCUT2D eigenvalue weighted by Gasteiger charge is -2.25. The van der Waals surface area contributed by atoms with Crippen molar-refractivity contribution >= 4 is 23.5 Å². The number of benzene rings is 1. The molecule has 1 fully saturated rings. The van der Waals surface area contributed by atoms with Crippen LogP contribution < -0.4 is 10.1 Å². The van der Waals surface area contributed by atoms with Gasteiger partial charge in [-0.1, -0.05) is 19.1 Å². The van der Waals surface area contributed by atoms with Crippen LogP contribution in [0.25, 0.3) is 0 Å². The second-order valence-corrected chi connectivity index (χ2v) is 7.41. The van der Waals surface area contributed by atoms with E-state index in [-0.39, 0.29) is 11.5 Å². The van der Waals surface area contributed by atoms with Gasteiger partial charge >= 0.3 is 6.03 Å². The number of ketones is 2. The van der Waals surface area contributed by atoms with Crippen LogP contribution in [0.1, 0.15) is 57.9 Å². The Morgan fingerprint density at radius 1 is 1.13 bits per heavy atom. The van der Waals surface area contributed by atoms with Crippen LogP contribution in [0.3, 0.4) is 0 Å². The number of nitrogens with zero attached hydrogens (tertiary/aromatic N) is 1. The predicted molar refractivity (Wildman–Crippen MR) is 110 cm³/mol. The monoisotopic (exact) mass is 411 g/mol. The highest BCUT2D eigenvalue weighted by atomic mass is 16.5. The van der Waals surface area contributed by atoms with Crippen molar-refractivity contribution in [3.8, 4) is 5.75 Å². The number of amides is 3. The Morgan fingerprint density at radius 2 is 1.77 bits per heavy atom. The van der Waals surface area contributed by atoms with E-state index < -0.39 is 29.8 Å². The predicted octanol–water partition coefficient (Wildman–Crippen LogP) is 2.88. The Labute approximate surface area is 174 Å². The number of urea groups is 1. The van der Waals surface area contributed by atoms with Crippen LogP contribution in [-0.2, 0) is 10.3 Å². The molecule has 1 atom stereocenters. The second-order valence-electron chi connectivity index (χ2n) is 7.41. The Hall–Kier alpha value is -3.42. The van der Waals surface area contributed by atoms with Gasteiger partial charge in [-0.25, -0.2) is 4.79 Å². The number of hydrogen-bond acceptors (Lipinski definition) is 5. The molecule has 0 aliphatic carbocycles. The first-order valence-electron chi connectivity index (χ1n) is 9.68. The lowest BCUT2D eigenvalue weighted by molar-refractivity contribution is -0.131. The summed E-state index contributed by atoms with van der Waals surface area (Å²) in [5.74, 6) is -0.443. The van der Waals surface area contributed by atoms with E-state index >= 15 is 0 Å². The Bertz CT molecular complexity index is 1040. The molecule has 8 heteroatoms. The van der Waals surface area contributed by atoms with E-state index in [0.29, 0.717) is 34.6 Å². The molecular weight excluding hydrogens is 386 g/mol. The SMILES string of the molecule is CC[C@@]1(c2ccc(OC)cc2)NC(=O)N(CC(=O)c2[nH]c(C)c(C(C)=O)c2C)C1=O. The molecule has 1 aliphatic rings. The zero-order valence-corrected chi connectivity index (χ0v) is 17.7. The lowest BCUT2D eigenvalue weighted by Crippen LogP contribution is -2.43. The standard InChI is InChI=1S/C22H25N3O5/c1-6-22(15-7-9-16(30-5)10-8-15)20(28)25(21(29)24-22)11-17(27)19-12(2)18(14(4)26)13(3)23-19/h7-10,23H,6,11H2,1-5H3,(H,24,29)/t22-/m0/s1. The number of hydrogen-bond donors (Lipinski definition) is 2. The van der Waals surface area contributed by atoms with Crippen LogP contribution in [0.4, 0.5) is 4.79 Å². The van der Waals surface area contributed by atoms with Gasteiger partial charge in [-0.15, -0.1) is 0 Å². The number of H-pyrrole nitrogens is 1. The molecule has 1 aromatic carbocycles. The molecule has 2 heterocycles. The number of ether oxygens (including phenoxy) is 1. The summed E-state index contributed by atoms with van der Waals surface area (Å²) in [7, 11) is 1.54. The van der Waals surface area contributed by atoms with Crippen LogP contribution in [0.5, 0.6) is 5.75 Å². The van der Waals surface area contributed by atoms with Crippen molar-refractivity contribution in [1.82, 2.24) is 15.2 Å². The van der Waals surface area contributed by atoms with Gasteiger partial charge < -0.3 is 15.0 Å². The number of carbonyl (C=O) groups is 4. The number of carbonyl (C=O) groups excluding carboxylic acids is 4. The summed E-state index contributed by atoms with van der Waals surface area (Å²) in [5.41, 5.74) is 1.17. The molecule has 158 valence electrons. The topological polar surface area (TPSA) is 109 Å². The lowest BCUT2D eigenvalue weighted by atomic mass is 9.87. The molecule has 0 bridgehead atoms. The smallest absolute Gasteiger partial charge is 0.325 e. The van der Waals surface area contributed by atoms with Gasteiger partial charge in [0.25, 0.3) is 5.91 Å². The third kappa shape index (κ3) is 3.28. The first-order valence-corrected chi connectivity index (χ1v) is 9.68. The van der Waals surface area contributed by atoms with E-state index in [1.807, 2.05) is 0 Å². The second kappa shape index (κ2) is 7.78. The highest BCUT2D eigenvalue weighted by molar-refractivity contribution is 6.12. The average molecular weight is 411 g/mol.